The molecule has 0 bridgehead atoms. The minimum absolute atomic E-state index is 0.0741. The summed E-state index contributed by atoms with van der Waals surface area (Å²) in [6.07, 6.45) is 2.01. The number of pyridine rings is 1. The lowest BCUT2D eigenvalue weighted by Crippen LogP contribution is -2.28. The number of benzene rings is 1. The molecule has 0 fully saturated rings. The van der Waals surface area contributed by atoms with E-state index in [4.69, 9.17) is 0 Å². The molecule has 0 saturated heterocycles. The molecule has 0 aliphatic carbocycles. The number of anilines is 1. The summed E-state index contributed by atoms with van der Waals surface area (Å²) < 4.78 is 3.40. The maximum Gasteiger partial charge on any atom is 0.329 e. The van der Waals surface area contributed by atoms with Crippen molar-refractivity contribution in [2.45, 2.75) is 33.0 Å². The van der Waals surface area contributed by atoms with Crippen molar-refractivity contribution in [3.63, 3.8) is 0 Å². The number of aromatic nitrogens is 3. The van der Waals surface area contributed by atoms with Crippen LogP contribution in [0.1, 0.15) is 18.9 Å². The second-order valence-electron chi connectivity index (χ2n) is 6.61. The van der Waals surface area contributed by atoms with Gasteiger partial charge in [-0.1, -0.05) is 18.2 Å². The van der Waals surface area contributed by atoms with Gasteiger partial charge in [-0.15, -0.1) is 0 Å². The minimum Gasteiger partial charge on any atom is -0.363 e. The Kier molecular flexibility index (Phi) is 5.59. The van der Waals surface area contributed by atoms with Crippen LogP contribution in [0.5, 0.6) is 0 Å². The Bertz CT molecular complexity index is 986. The third-order valence-electron chi connectivity index (χ3n) is 4.56. The van der Waals surface area contributed by atoms with Crippen LogP contribution < -0.4 is 15.9 Å². The second-order valence-corrected chi connectivity index (χ2v) is 6.61. The summed E-state index contributed by atoms with van der Waals surface area (Å²) in [6.45, 7) is 3.33. The number of hydrogen-bond acceptors (Lipinski definition) is 4. The summed E-state index contributed by atoms with van der Waals surface area (Å²) in [5, 5.41) is 2.89. The monoisotopic (exact) mass is 367 g/mol. The molecule has 7 nitrogen and oxygen atoms in total. The highest BCUT2D eigenvalue weighted by molar-refractivity contribution is 5.78. The molecular weight excluding hydrogens is 342 g/mol. The van der Waals surface area contributed by atoms with Gasteiger partial charge in [0.15, 0.2) is 0 Å². The Morgan fingerprint density at radius 1 is 1.11 bits per heavy atom. The lowest BCUT2D eigenvalue weighted by molar-refractivity contribution is -0.121. The van der Waals surface area contributed by atoms with Crippen LogP contribution in [0.25, 0.3) is 11.0 Å². The van der Waals surface area contributed by atoms with Gasteiger partial charge in [0.1, 0.15) is 5.82 Å². The van der Waals surface area contributed by atoms with E-state index in [1.807, 2.05) is 62.3 Å². The molecule has 2 aromatic heterocycles. The fraction of sp³-hybridized carbons (Fsp3) is 0.350. The fourth-order valence-electron chi connectivity index (χ4n) is 3.08. The van der Waals surface area contributed by atoms with E-state index in [-0.39, 0.29) is 18.0 Å². The number of rotatable bonds is 7. The number of carbonyl (C=O) groups is 1. The Balaban J connectivity index is 1.62. The molecule has 7 heteroatoms. The SMILES string of the molecule is CCn1c(=O)n(CCC(=O)NCc2ccc(N(C)C)nc2)c2ccccc21. The van der Waals surface area contributed by atoms with Gasteiger partial charge in [0.05, 0.1) is 11.0 Å². The van der Waals surface area contributed by atoms with E-state index in [1.165, 1.54) is 0 Å². The molecule has 1 amide bonds. The average molecular weight is 367 g/mol. The zero-order valence-corrected chi connectivity index (χ0v) is 16.0. The van der Waals surface area contributed by atoms with E-state index in [2.05, 4.69) is 10.3 Å². The summed E-state index contributed by atoms with van der Waals surface area (Å²) in [6, 6.07) is 11.5. The minimum atomic E-state index is -0.0908. The van der Waals surface area contributed by atoms with Gasteiger partial charge in [-0.25, -0.2) is 9.78 Å². The van der Waals surface area contributed by atoms with Crippen LogP contribution >= 0.6 is 0 Å². The second kappa shape index (κ2) is 8.07. The van der Waals surface area contributed by atoms with Crippen molar-refractivity contribution in [2.24, 2.45) is 0 Å². The van der Waals surface area contributed by atoms with Gasteiger partial charge >= 0.3 is 5.69 Å². The van der Waals surface area contributed by atoms with Gasteiger partial charge in [-0.2, -0.15) is 0 Å². The first kappa shape index (κ1) is 18.7. The number of hydrogen-bond donors (Lipinski definition) is 1. The van der Waals surface area contributed by atoms with E-state index < -0.39 is 0 Å². The third-order valence-corrected chi connectivity index (χ3v) is 4.56. The van der Waals surface area contributed by atoms with Crippen LogP contribution in [0, 0.1) is 0 Å². The Morgan fingerprint density at radius 3 is 2.41 bits per heavy atom. The predicted octanol–water partition coefficient (Wildman–Crippen LogP) is 1.99. The van der Waals surface area contributed by atoms with Crippen LogP contribution in [0.3, 0.4) is 0 Å². The molecule has 0 unspecified atom stereocenters. The van der Waals surface area contributed by atoms with E-state index in [9.17, 15) is 9.59 Å². The Morgan fingerprint density at radius 2 is 1.81 bits per heavy atom. The molecule has 0 radical (unpaired) electrons. The quantitative estimate of drug-likeness (QED) is 0.693. The smallest absolute Gasteiger partial charge is 0.329 e. The molecule has 1 N–H and O–H groups in total. The highest BCUT2D eigenvalue weighted by atomic mass is 16.2. The number of carbonyl (C=O) groups excluding carboxylic acids is 1. The van der Waals surface area contributed by atoms with Crippen LogP contribution in [-0.2, 0) is 24.4 Å². The summed E-state index contributed by atoms with van der Waals surface area (Å²) >= 11 is 0. The molecule has 0 aliphatic heterocycles. The predicted molar refractivity (Wildman–Crippen MR) is 107 cm³/mol. The van der Waals surface area contributed by atoms with Crippen LogP contribution in [0.4, 0.5) is 5.82 Å². The molecule has 27 heavy (non-hydrogen) atoms. The number of aryl methyl sites for hydroxylation is 2. The van der Waals surface area contributed by atoms with Gasteiger partial charge in [-0.05, 0) is 30.7 Å². The van der Waals surface area contributed by atoms with E-state index in [1.54, 1.807) is 15.3 Å². The Labute approximate surface area is 158 Å². The standard InChI is InChI=1S/C20H25N5O2/c1-4-24-16-7-5-6-8-17(16)25(20(24)27)12-11-19(26)22-14-15-9-10-18(21-13-15)23(2)3/h5-10,13H,4,11-12,14H2,1-3H3,(H,22,26). The van der Waals surface area contributed by atoms with Crippen molar-refractivity contribution in [3.8, 4) is 0 Å². The number of imidazole rings is 1. The van der Waals surface area contributed by atoms with Gasteiger partial charge in [-0.3, -0.25) is 13.9 Å². The number of nitrogens with zero attached hydrogens (tertiary/aromatic N) is 4. The molecule has 3 rings (SSSR count). The molecule has 0 spiro atoms. The molecule has 3 aromatic rings. The van der Waals surface area contributed by atoms with Gasteiger partial charge in [0.25, 0.3) is 0 Å². The van der Waals surface area contributed by atoms with Crippen molar-refractivity contribution in [3.05, 3.63) is 58.6 Å². The molecule has 1 aromatic carbocycles. The van der Waals surface area contributed by atoms with Crippen LogP contribution in [0.15, 0.2) is 47.4 Å². The zero-order valence-electron chi connectivity index (χ0n) is 16.0. The topological polar surface area (TPSA) is 72.2 Å². The van der Waals surface area contributed by atoms with E-state index in [0.29, 0.717) is 19.6 Å². The van der Waals surface area contributed by atoms with Gasteiger partial charge in [0, 0.05) is 46.3 Å². The first-order valence-corrected chi connectivity index (χ1v) is 9.08. The van der Waals surface area contributed by atoms with Gasteiger partial charge < -0.3 is 10.2 Å². The lowest BCUT2D eigenvalue weighted by atomic mass is 10.2. The van der Waals surface area contributed by atoms with Crippen LogP contribution in [0.2, 0.25) is 0 Å². The summed E-state index contributed by atoms with van der Waals surface area (Å²) in [7, 11) is 3.86. The molecule has 0 aliphatic rings. The first-order chi connectivity index (χ1) is 13.0. The maximum atomic E-state index is 12.6. The molecule has 2 heterocycles. The number of amides is 1. The van der Waals surface area contributed by atoms with Crippen molar-refractivity contribution in [1.29, 1.82) is 0 Å². The molecule has 0 atom stereocenters. The van der Waals surface area contributed by atoms with Crippen LogP contribution in [-0.4, -0.2) is 34.1 Å². The zero-order chi connectivity index (χ0) is 19.4. The summed E-state index contributed by atoms with van der Waals surface area (Å²) in [4.78, 5) is 31.1. The molecule has 142 valence electrons. The van der Waals surface area contributed by atoms with Crippen molar-refractivity contribution < 1.29 is 4.79 Å². The van der Waals surface area contributed by atoms with E-state index in [0.717, 1.165) is 22.4 Å². The van der Waals surface area contributed by atoms with Crippen molar-refractivity contribution in [1.82, 2.24) is 19.4 Å². The summed E-state index contributed by atoms with van der Waals surface area (Å²) in [5.74, 6) is 0.781. The highest BCUT2D eigenvalue weighted by Crippen LogP contribution is 2.13. The van der Waals surface area contributed by atoms with Crippen molar-refractivity contribution in [2.75, 3.05) is 19.0 Å². The largest absolute Gasteiger partial charge is 0.363 e. The molecule has 0 saturated carbocycles. The number of para-hydroxylation sites is 2. The Hall–Kier alpha value is -3.09. The number of nitrogens with one attached hydrogen (secondary N) is 1. The maximum absolute atomic E-state index is 12.6. The molecular formula is C20H25N5O2. The first-order valence-electron chi connectivity index (χ1n) is 9.08. The fourth-order valence-corrected chi connectivity index (χ4v) is 3.08. The normalized spacial score (nSPS) is 10.9. The van der Waals surface area contributed by atoms with Gasteiger partial charge in [0.2, 0.25) is 5.91 Å². The van der Waals surface area contributed by atoms with Crippen molar-refractivity contribution >= 4 is 22.8 Å². The van der Waals surface area contributed by atoms with E-state index >= 15 is 0 Å². The lowest BCUT2D eigenvalue weighted by Gasteiger charge is -2.11. The average Bonchev–Trinajstić information content (AvgIpc) is 2.95. The number of fused-ring (bicyclic) bond motifs is 1. The summed E-state index contributed by atoms with van der Waals surface area (Å²) in [5.41, 5.74) is 2.63. The third kappa shape index (κ3) is 4.02. The highest BCUT2D eigenvalue weighted by Gasteiger charge is 2.12.